The summed E-state index contributed by atoms with van der Waals surface area (Å²) in [5.41, 5.74) is 1.57. The highest BCUT2D eigenvalue weighted by atomic mass is 79.9. The minimum absolute atomic E-state index is 0.0168. The van der Waals surface area contributed by atoms with Crippen LogP contribution in [0.25, 0.3) is 0 Å². The fourth-order valence-electron chi connectivity index (χ4n) is 2.46. The maximum absolute atomic E-state index is 12.6. The molecule has 0 fully saturated rings. The number of para-hydroxylation sites is 2. The van der Waals surface area contributed by atoms with Crippen molar-refractivity contribution in [1.29, 1.82) is 0 Å². The number of rotatable bonds is 2. The van der Waals surface area contributed by atoms with Crippen LogP contribution >= 0.6 is 15.9 Å². The number of carbonyl (C=O) groups excluding carboxylic acids is 1. The van der Waals surface area contributed by atoms with E-state index in [2.05, 4.69) is 28.2 Å². The van der Waals surface area contributed by atoms with E-state index in [9.17, 15) is 4.79 Å². The van der Waals surface area contributed by atoms with Gasteiger partial charge in [0, 0.05) is 10.2 Å². The summed E-state index contributed by atoms with van der Waals surface area (Å²) in [4.78, 5) is 14.4. The SMILES string of the molecule is CCC1CN(C(=O)Nc2cccc(Br)c2)c2ccccc2O1. The van der Waals surface area contributed by atoms with E-state index in [1.54, 1.807) is 4.90 Å². The Labute approximate surface area is 138 Å². The number of hydrogen-bond donors (Lipinski definition) is 1. The normalized spacial score (nSPS) is 16.6. The molecular formula is C17H17BrN2O2. The van der Waals surface area contributed by atoms with Gasteiger partial charge in [0.2, 0.25) is 0 Å². The number of ether oxygens (including phenoxy) is 1. The van der Waals surface area contributed by atoms with Gasteiger partial charge in [0.25, 0.3) is 0 Å². The van der Waals surface area contributed by atoms with Crippen LogP contribution in [0.2, 0.25) is 0 Å². The Kier molecular flexibility index (Phi) is 4.34. The third-order valence-corrected chi connectivity index (χ3v) is 4.11. The molecule has 0 aromatic heterocycles. The first-order chi connectivity index (χ1) is 10.7. The number of urea groups is 1. The molecule has 5 heteroatoms. The van der Waals surface area contributed by atoms with Gasteiger partial charge in [0.05, 0.1) is 12.2 Å². The Morgan fingerprint density at radius 2 is 2.14 bits per heavy atom. The number of halogens is 1. The Morgan fingerprint density at radius 1 is 1.32 bits per heavy atom. The van der Waals surface area contributed by atoms with Crippen molar-refractivity contribution in [1.82, 2.24) is 0 Å². The zero-order valence-electron chi connectivity index (χ0n) is 12.3. The van der Waals surface area contributed by atoms with Crippen molar-refractivity contribution in [3.8, 4) is 5.75 Å². The van der Waals surface area contributed by atoms with Crippen LogP contribution in [0.3, 0.4) is 0 Å². The molecule has 3 rings (SSSR count). The maximum atomic E-state index is 12.6. The van der Waals surface area contributed by atoms with Crippen LogP contribution in [0.1, 0.15) is 13.3 Å². The largest absolute Gasteiger partial charge is 0.486 e. The first-order valence-electron chi connectivity index (χ1n) is 7.27. The quantitative estimate of drug-likeness (QED) is 0.845. The monoisotopic (exact) mass is 360 g/mol. The molecule has 0 radical (unpaired) electrons. The second kappa shape index (κ2) is 6.40. The number of amides is 2. The van der Waals surface area contributed by atoms with E-state index < -0.39 is 0 Å². The zero-order chi connectivity index (χ0) is 15.5. The summed E-state index contributed by atoms with van der Waals surface area (Å²) < 4.78 is 6.83. The minimum Gasteiger partial charge on any atom is -0.486 e. The Bertz CT molecular complexity index is 690. The number of nitrogens with one attached hydrogen (secondary N) is 1. The van der Waals surface area contributed by atoms with Gasteiger partial charge in [0.15, 0.2) is 0 Å². The number of carbonyl (C=O) groups is 1. The number of benzene rings is 2. The number of anilines is 2. The van der Waals surface area contributed by atoms with E-state index in [0.717, 1.165) is 28.0 Å². The second-order valence-corrected chi connectivity index (χ2v) is 6.08. The molecule has 0 spiro atoms. The van der Waals surface area contributed by atoms with Crippen molar-refractivity contribution >= 4 is 33.3 Å². The first-order valence-corrected chi connectivity index (χ1v) is 8.06. The fourth-order valence-corrected chi connectivity index (χ4v) is 2.86. The third kappa shape index (κ3) is 3.09. The zero-order valence-corrected chi connectivity index (χ0v) is 13.8. The predicted molar refractivity (Wildman–Crippen MR) is 91.7 cm³/mol. The molecule has 1 unspecified atom stereocenters. The molecule has 1 N–H and O–H groups in total. The summed E-state index contributed by atoms with van der Waals surface area (Å²) >= 11 is 3.41. The Morgan fingerprint density at radius 3 is 2.91 bits per heavy atom. The Hall–Kier alpha value is -2.01. The Balaban J connectivity index is 1.85. The number of nitrogens with zero attached hydrogens (tertiary/aromatic N) is 1. The average molecular weight is 361 g/mol. The summed E-state index contributed by atoms with van der Waals surface area (Å²) in [6, 6.07) is 15.0. The minimum atomic E-state index is -0.146. The highest BCUT2D eigenvalue weighted by Gasteiger charge is 2.28. The van der Waals surface area contributed by atoms with Crippen molar-refractivity contribution in [3.05, 3.63) is 53.0 Å². The summed E-state index contributed by atoms with van der Waals surface area (Å²) in [5.74, 6) is 0.755. The van der Waals surface area contributed by atoms with Gasteiger partial charge in [-0.05, 0) is 36.8 Å². The molecule has 4 nitrogen and oxygen atoms in total. The third-order valence-electron chi connectivity index (χ3n) is 3.61. The first kappa shape index (κ1) is 14.9. The molecule has 2 aromatic rings. The van der Waals surface area contributed by atoms with Crippen LogP contribution < -0.4 is 15.0 Å². The van der Waals surface area contributed by atoms with Crippen LogP contribution in [-0.4, -0.2) is 18.7 Å². The summed E-state index contributed by atoms with van der Waals surface area (Å²) in [5, 5.41) is 2.94. The van der Waals surface area contributed by atoms with Gasteiger partial charge in [-0.3, -0.25) is 4.90 Å². The standard InChI is InChI=1S/C17H17BrN2O2/c1-2-14-11-20(15-8-3-4-9-16(15)22-14)17(21)19-13-7-5-6-12(18)10-13/h3-10,14H,2,11H2,1H3,(H,19,21). The average Bonchev–Trinajstić information content (AvgIpc) is 2.53. The van der Waals surface area contributed by atoms with Gasteiger partial charge >= 0.3 is 6.03 Å². The fraction of sp³-hybridized carbons (Fsp3) is 0.235. The number of hydrogen-bond acceptors (Lipinski definition) is 2. The summed E-state index contributed by atoms with van der Waals surface area (Å²) in [6.45, 7) is 2.61. The van der Waals surface area contributed by atoms with E-state index in [-0.39, 0.29) is 12.1 Å². The van der Waals surface area contributed by atoms with Crippen molar-refractivity contribution in [2.75, 3.05) is 16.8 Å². The molecule has 0 saturated carbocycles. The molecule has 0 aliphatic carbocycles. The van der Waals surface area contributed by atoms with Crippen LogP contribution in [0.4, 0.5) is 16.2 Å². The molecule has 0 saturated heterocycles. The molecule has 1 aliphatic heterocycles. The lowest BCUT2D eigenvalue weighted by Gasteiger charge is -2.34. The lowest BCUT2D eigenvalue weighted by Crippen LogP contribution is -2.45. The lowest BCUT2D eigenvalue weighted by atomic mass is 10.1. The predicted octanol–water partition coefficient (Wildman–Crippen LogP) is 4.66. The van der Waals surface area contributed by atoms with Gasteiger partial charge in [-0.15, -0.1) is 0 Å². The van der Waals surface area contributed by atoms with E-state index in [1.165, 1.54) is 0 Å². The van der Waals surface area contributed by atoms with E-state index in [1.807, 2.05) is 48.5 Å². The van der Waals surface area contributed by atoms with E-state index >= 15 is 0 Å². The molecule has 1 aliphatic rings. The molecule has 114 valence electrons. The molecule has 1 atom stereocenters. The second-order valence-electron chi connectivity index (χ2n) is 5.17. The summed E-state index contributed by atoms with van der Waals surface area (Å²) in [6.07, 6.45) is 0.873. The van der Waals surface area contributed by atoms with E-state index in [4.69, 9.17) is 4.74 Å². The topological polar surface area (TPSA) is 41.6 Å². The van der Waals surface area contributed by atoms with Gasteiger partial charge < -0.3 is 10.1 Å². The van der Waals surface area contributed by atoms with Crippen LogP contribution in [0.5, 0.6) is 5.75 Å². The molecule has 0 bridgehead atoms. The lowest BCUT2D eigenvalue weighted by molar-refractivity contribution is 0.188. The molecule has 2 amide bonds. The summed E-state index contributed by atoms with van der Waals surface area (Å²) in [7, 11) is 0. The number of fused-ring (bicyclic) bond motifs is 1. The van der Waals surface area contributed by atoms with Crippen molar-refractivity contribution < 1.29 is 9.53 Å². The highest BCUT2D eigenvalue weighted by molar-refractivity contribution is 9.10. The van der Waals surface area contributed by atoms with Crippen molar-refractivity contribution in [3.63, 3.8) is 0 Å². The molecule has 2 aromatic carbocycles. The van der Waals surface area contributed by atoms with Gasteiger partial charge in [-0.1, -0.05) is 41.1 Å². The molecule has 22 heavy (non-hydrogen) atoms. The maximum Gasteiger partial charge on any atom is 0.326 e. The molecular weight excluding hydrogens is 344 g/mol. The molecule has 1 heterocycles. The van der Waals surface area contributed by atoms with Crippen LogP contribution in [0, 0.1) is 0 Å². The smallest absolute Gasteiger partial charge is 0.326 e. The van der Waals surface area contributed by atoms with Crippen LogP contribution in [0.15, 0.2) is 53.0 Å². The van der Waals surface area contributed by atoms with Gasteiger partial charge in [0.1, 0.15) is 11.9 Å². The van der Waals surface area contributed by atoms with Crippen LogP contribution in [-0.2, 0) is 0 Å². The highest BCUT2D eigenvalue weighted by Crippen LogP contribution is 2.34. The van der Waals surface area contributed by atoms with E-state index in [0.29, 0.717) is 6.54 Å². The van der Waals surface area contributed by atoms with Gasteiger partial charge in [-0.25, -0.2) is 4.79 Å². The van der Waals surface area contributed by atoms with Crippen molar-refractivity contribution in [2.45, 2.75) is 19.4 Å². The van der Waals surface area contributed by atoms with Gasteiger partial charge in [-0.2, -0.15) is 0 Å². The van der Waals surface area contributed by atoms with Crippen molar-refractivity contribution in [2.24, 2.45) is 0 Å².